The molecule has 0 saturated carbocycles. The van der Waals surface area contributed by atoms with Crippen LogP contribution >= 0.6 is 11.6 Å². The molecule has 1 aliphatic heterocycles. The molecule has 0 radical (unpaired) electrons. The number of fused-ring (bicyclic) bond motifs is 1. The molecule has 2 aromatic rings. The third kappa shape index (κ3) is 3.40. The molecule has 0 bridgehead atoms. The zero-order chi connectivity index (χ0) is 15.4. The highest BCUT2D eigenvalue weighted by atomic mass is 35.5. The lowest BCUT2D eigenvalue weighted by Crippen LogP contribution is -2.01. The average molecular weight is 317 g/mol. The Hall–Kier alpha value is -2.46. The van der Waals surface area contributed by atoms with Crippen LogP contribution in [0.4, 0.5) is 0 Å². The quantitative estimate of drug-likeness (QED) is 0.635. The second kappa shape index (κ2) is 6.54. The van der Waals surface area contributed by atoms with Crippen molar-refractivity contribution in [1.29, 1.82) is 0 Å². The van der Waals surface area contributed by atoms with Gasteiger partial charge in [-0.2, -0.15) is 0 Å². The molecule has 0 N–H and O–H groups in total. The molecule has 1 heterocycles. The molecule has 4 nitrogen and oxygen atoms in total. The SMILES string of the molecule is O=C(/C=C/c1ccc2c(c1)OCO2)OCc1ccccc1Cl. The lowest BCUT2D eigenvalue weighted by Gasteiger charge is -2.04. The smallest absolute Gasteiger partial charge is 0.331 e. The standard InChI is InChI=1S/C17H13ClO4/c18-14-4-2-1-3-13(14)10-20-17(19)8-6-12-5-7-15-16(9-12)22-11-21-15/h1-9H,10-11H2/b8-6+. The molecule has 0 amide bonds. The average Bonchev–Trinajstić information content (AvgIpc) is 2.99. The number of hydrogen-bond donors (Lipinski definition) is 0. The molecule has 0 saturated heterocycles. The summed E-state index contributed by atoms with van der Waals surface area (Å²) in [7, 11) is 0. The van der Waals surface area contributed by atoms with Gasteiger partial charge in [-0.05, 0) is 29.8 Å². The second-order valence-corrected chi connectivity index (χ2v) is 5.05. The predicted molar refractivity (Wildman–Crippen MR) is 82.8 cm³/mol. The van der Waals surface area contributed by atoms with Crippen molar-refractivity contribution in [3.05, 3.63) is 64.7 Å². The van der Waals surface area contributed by atoms with Crippen LogP contribution in [0.15, 0.2) is 48.5 Å². The van der Waals surface area contributed by atoms with Crippen molar-refractivity contribution in [3.8, 4) is 11.5 Å². The molecule has 0 unspecified atom stereocenters. The molecule has 112 valence electrons. The van der Waals surface area contributed by atoms with Gasteiger partial charge in [0, 0.05) is 16.7 Å². The third-order valence-corrected chi connectivity index (χ3v) is 3.50. The minimum atomic E-state index is -0.433. The molecule has 0 aromatic heterocycles. The van der Waals surface area contributed by atoms with Crippen LogP contribution in [0.3, 0.4) is 0 Å². The molecule has 22 heavy (non-hydrogen) atoms. The van der Waals surface area contributed by atoms with Gasteiger partial charge in [-0.1, -0.05) is 35.9 Å². The number of ether oxygens (including phenoxy) is 3. The summed E-state index contributed by atoms with van der Waals surface area (Å²) < 4.78 is 15.7. The van der Waals surface area contributed by atoms with Crippen LogP contribution in [0.5, 0.6) is 11.5 Å². The van der Waals surface area contributed by atoms with E-state index in [0.29, 0.717) is 16.5 Å². The molecule has 5 heteroatoms. The second-order valence-electron chi connectivity index (χ2n) is 4.65. The fourth-order valence-corrected chi connectivity index (χ4v) is 2.18. The maximum absolute atomic E-state index is 11.7. The Morgan fingerprint density at radius 1 is 1.18 bits per heavy atom. The van der Waals surface area contributed by atoms with Crippen LogP contribution in [0.2, 0.25) is 5.02 Å². The highest BCUT2D eigenvalue weighted by Gasteiger charge is 2.12. The minimum Gasteiger partial charge on any atom is -0.458 e. The van der Waals surface area contributed by atoms with Crippen LogP contribution in [-0.2, 0) is 16.1 Å². The number of esters is 1. The number of carbonyl (C=O) groups is 1. The van der Waals surface area contributed by atoms with E-state index < -0.39 is 5.97 Å². The van der Waals surface area contributed by atoms with Gasteiger partial charge in [0.1, 0.15) is 6.61 Å². The predicted octanol–water partition coefficient (Wildman–Crippen LogP) is 3.83. The summed E-state index contributed by atoms with van der Waals surface area (Å²) in [6.07, 6.45) is 3.03. The van der Waals surface area contributed by atoms with E-state index in [-0.39, 0.29) is 13.4 Å². The Morgan fingerprint density at radius 3 is 2.86 bits per heavy atom. The van der Waals surface area contributed by atoms with E-state index in [1.807, 2.05) is 24.3 Å². The van der Waals surface area contributed by atoms with Gasteiger partial charge in [0.15, 0.2) is 11.5 Å². The van der Waals surface area contributed by atoms with Crippen molar-refractivity contribution in [3.63, 3.8) is 0 Å². The van der Waals surface area contributed by atoms with Gasteiger partial charge in [-0.15, -0.1) is 0 Å². The van der Waals surface area contributed by atoms with Crippen molar-refractivity contribution in [1.82, 2.24) is 0 Å². The zero-order valence-electron chi connectivity index (χ0n) is 11.6. The van der Waals surface area contributed by atoms with Gasteiger partial charge in [0.2, 0.25) is 6.79 Å². The molecule has 1 aliphatic rings. The molecular formula is C17H13ClO4. The first-order valence-electron chi connectivity index (χ1n) is 6.70. The summed E-state index contributed by atoms with van der Waals surface area (Å²) >= 11 is 6.00. The van der Waals surface area contributed by atoms with E-state index in [1.54, 1.807) is 24.3 Å². The zero-order valence-corrected chi connectivity index (χ0v) is 12.4. The molecule has 3 rings (SSSR count). The molecule has 0 fully saturated rings. The molecular weight excluding hydrogens is 304 g/mol. The number of halogens is 1. The van der Waals surface area contributed by atoms with Crippen molar-refractivity contribution >= 4 is 23.6 Å². The lowest BCUT2D eigenvalue weighted by molar-refractivity contribution is -0.138. The fourth-order valence-electron chi connectivity index (χ4n) is 1.99. The molecule has 0 aliphatic carbocycles. The Bertz CT molecular complexity index is 724. The van der Waals surface area contributed by atoms with E-state index in [9.17, 15) is 4.79 Å². The first-order valence-corrected chi connectivity index (χ1v) is 7.08. The maximum atomic E-state index is 11.7. The summed E-state index contributed by atoms with van der Waals surface area (Å²) in [5.74, 6) is 0.947. The summed E-state index contributed by atoms with van der Waals surface area (Å²) in [6, 6.07) is 12.7. The Kier molecular flexibility index (Phi) is 4.30. The van der Waals surface area contributed by atoms with Crippen molar-refractivity contribution in [2.24, 2.45) is 0 Å². The summed E-state index contributed by atoms with van der Waals surface area (Å²) in [5, 5.41) is 0.579. The molecule has 0 atom stereocenters. The van der Waals surface area contributed by atoms with Crippen LogP contribution < -0.4 is 9.47 Å². The van der Waals surface area contributed by atoms with Crippen molar-refractivity contribution in [2.45, 2.75) is 6.61 Å². The Morgan fingerprint density at radius 2 is 2.00 bits per heavy atom. The topological polar surface area (TPSA) is 44.8 Å². The van der Waals surface area contributed by atoms with E-state index in [1.165, 1.54) is 6.08 Å². The van der Waals surface area contributed by atoms with Crippen LogP contribution in [0, 0.1) is 0 Å². The maximum Gasteiger partial charge on any atom is 0.331 e. The largest absolute Gasteiger partial charge is 0.458 e. The number of hydrogen-bond acceptors (Lipinski definition) is 4. The van der Waals surface area contributed by atoms with Crippen molar-refractivity contribution < 1.29 is 19.0 Å². The van der Waals surface area contributed by atoms with Gasteiger partial charge < -0.3 is 14.2 Å². The van der Waals surface area contributed by atoms with Gasteiger partial charge in [0.05, 0.1) is 0 Å². The highest BCUT2D eigenvalue weighted by molar-refractivity contribution is 6.31. The normalized spacial score (nSPS) is 12.6. The summed E-state index contributed by atoms with van der Waals surface area (Å²) in [5.41, 5.74) is 1.60. The van der Waals surface area contributed by atoms with Crippen LogP contribution in [-0.4, -0.2) is 12.8 Å². The Balaban J connectivity index is 1.58. The summed E-state index contributed by atoms with van der Waals surface area (Å²) in [6.45, 7) is 0.367. The molecule has 0 spiro atoms. The number of carbonyl (C=O) groups excluding carboxylic acids is 1. The van der Waals surface area contributed by atoms with Crippen molar-refractivity contribution in [2.75, 3.05) is 6.79 Å². The van der Waals surface area contributed by atoms with E-state index in [0.717, 1.165) is 11.1 Å². The third-order valence-electron chi connectivity index (χ3n) is 3.14. The fraction of sp³-hybridized carbons (Fsp3) is 0.118. The number of benzene rings is 2. The lowest BCUT2D eigenvalue weighted by atomic mass is 10.2. The Labute approximate surface area is 132 Å². The highest BCUT2D eigenvalue weighted by Crippen LogP contribution is 2.32. The first kappa shape index (κ1) is 14.5. The summed E-state index contributed by atoms with van der Waals surface area (Å²) in [4.78, 5) is 11.7. The minimum absolute atomic E-state index is 0.143. The van der Waals surface area contributed by atoms with E-state index in [4.69, 9.17) is 25.8 Å². The van der Waals surface area contributed by atoms with Gasteiger partial charge in [0.25, 0.3) is 0 Å². The van der Waals surface area contributed by atoms with E-state index in [2.05, 4.69) is 0 Å². The molecule has 2 aromatic carbocycles. The monoisotopic (exact) mass is 316 g/mol. The van der Waals surface area contributed by atoms with Gasteiger partial charge in [-0.25, -0.2) is 4.79 Å². The van der Waals surface area contributed by atoms with Gasteiger partial charge >= 0.3 is 5.97 Å². The first-order chi connectivity index (χ1) is 10.7. The van der Waals surface area contributed by atoms with Gasteiger partial charge in [-0.3, -0.25) is 0 Å². The number of rotatable bonds is 4. The van der Waals surface area contributed by atoms with Crippen LogP contribution in [0.1, 0.15) is 11.1 Å². The van der Waals surface area contributed by atoms with E-state index >= 15 is 0 Å². The van der Waals surface area contributed by atoms with Crippen LogP contribution in [0.25, 0.3) is 6.08 Å².